The maximum Gasteiger partial charge on any atom is 0.254 e. The number of rotatable bonds is 1. The van der Waals surface area contributed by atoms with Crippen molar-refractivity contribution in [2.75, 3.05) is 26.2 Å². The third-order valence-corrected chi connectivity index (χ3v) is 3.30. The van der Waals surface area contributed by atoms with E-state index in [0.717, 1.165) is 11.1 Å². The van der Waals surface area contributed by atoms with Crippen LogP contribution in [-0.2, 0) is 4.74 Å². The van der Waals surface area contributed by atoms with Crippen LogP contribution < -0.4 is 5.73 Å². The van der Waals surface area contributed by atoms with Crippen molar-refractivity contribution in [2.45, 2.75) is 13.0 Å². The first-order valence-corrected chi connectivity index (χ1v) is 6.75. The first-order valence-electron chi connectivity index (χ1n) is 6.75. The molecule has 21 heavy (non-hydrogen) atoms. The molecule has 108 valence electrons. The summed E-state index contributed by atoms with van der Waals surface area (Å²) in [6, 6.07) is 7.44. The van der Waals surface area contributed by atoms with Crippen LogP contribution in [0.25, 0.3) is 0 Å². The second-order valence-electron chi connectivity index (χ2n) is 4.78. The maximum absolute atomic E-state index is 12.4. The van der Waals surface area contributed by atoms with E-state index in [1.165, 1.54) is 0 Å². The zero-order valence-corrected chi connectivity index (χ0v) is 11.9. The molecule has 5 nitrogen and oxygen atoms in total. The van der Waals surface area contributed by atoms with Crippen LogP contribution >= 0.6 is 0 Å². The van der Waals surface area contributed by atoms with E-state index in [1.54, 1.807) is 11.0 Å². The van der Waals surface area contributed by atoms with Crippen LogP contribution in [0.15, 0.2) is 18.2 Å². The second-order valence-corrected chi connectivity index (χ2v) is 4.78. The van der Waals surface area contributed by atoms with E-state index >= 15 is 0 Å². The topological polar surface area (TPSA) is 79.3 Å². The molecule has 0 aromatic heterocycles. The highest BCUT2D eigenvalue weighted by Gasteiger charge is 2.24. The number of hydrogen-bond acceptors (Lipinski definition) is 4. The summed E-state index contributed by atoms with van der Waals surface area (Å²) in [4.78, 5) is 14.1. The van der Waals surface area contributed by atoms with E-state index in [2.05, 4.69) is 11.8 Å². The van der Waals surface area contributed by atoms with Crippen LogP contribution in [0.2, 0.25) is 0 Å². The van der Waals surface area contributed by atoms with E-state index in [4.69, 9.17) is 15.7 Å². The van der Waals surface area contributed by atoms with Gasteiger partial charge in [0.15, 0.2) is 6.10 Å². The minimum atomic E-state index is -0.543. The first-order chi connectivity index (χ1) is 10.2. The molecule has 5 heteroatoms. The van der Waals surface area contributed by atoms with Crippen molar-refractivity contribution in [3.05, 3.63) is 34.9 Å². The summed E-state index contributed by atoms with van der Waals surface area (Å²) in [5.74, 6) is 5.69. The fourth-order valence-corrected chi connectivity index (χ4v) is 2.18. The largest absolute Gasteiger partial charge is 0.360 e. The lowest BCUT2D eigenvalue weighted by molar-refractivity contribution is 0.00346. The molecule has 2 N–H and O–H groups in total. The smallest absolute Gasteiger partial charge is 0.254 e. The van der Waals surface area contributed by atoms with E-state index in [9.17, 15) is 4.79 Å². The van der Waals surface area contributed by atoms with Gasteiger partial charge >= 0.3 is 0 Å². The number of carbonyl (C=O) groups excluding carboxylic acids is 1. The molecule has 1 aliphatic rings. The molecule has 1 amide bonds. The fraction of sp³-hybridized carbons (Fsp3) is 0.375. The Morgan fingerprint density at radius 2 is 2.38 bits per heavy atom. The Labute approximate surface area is 124 Å². The van der Waals surface area contributed by atoms with Gasteiger partial charge in [0.25, 0.3) is 5.91 Å². The van der Waals surface area contributed by atoms with Gasteiger partial charge in [0, 0.05) is 17.7 Å². The number of nitrogens with zero attached hydrogens (tertiary/aromatic N) is 2. The molecule has 1 fully saturated rings. The Morgan fingerprint density at radius 1 is 1.57 bits per heavy atom. The zero-order chi connectivity index (χ0) is 15.2. The second kappa shape index (κ2) is 6.90. The van der Waals surface area contributed by atoms with Crippen molar-refractivity contribution >= 4 is 5.91 Å². The Kier molecular flexibility index (Phi) is 4.94. The highest BCUT2D eigenvalue weighted by Crippen LogP contribution is 2.14. The lowest BCUT2D eigenvalue weighted by Gasteiger charge is -2.29. The molecule has 1 saturated heterocycles. The van der Waals surface area contributed by atoms with Crippen molar-refractivity contribution < 1.29 is 9.53 Å². The summed E-state index contributed by atoms with van der Waals surface area (Å²) in [7, 11) is 0. The van der Waals surface area contributed by atoms with Crippen molar-refractivity contribution in [1.29, 1.82) is 5.26 Å². The van der Waals surface area contributed by atoms with Gasteiger partial charge in [-0.15, -0.1) is 0 Å². The summed E-state index contributed by atoms with van der Waals surface area (Å²) in [5.41, 5.74) is 7.76. The molecule has 2 rings (SSSR count). The molecule has 1 aromatic carbocycles. The van der Waals surface area contributed by atoms with Gasteiger partial charge in [-0.25, -0.2) is 0 Å². The van der Waals surface area contributed by atoms with Gasteiger partial charge in [-0.1, -0.05) is 11.8 Å². The number of aryl methyl sites for hydroxylation is 1. The third kappa shape index (κ3) is 3.61. The van der Waals surface area contributed by atoms with Crippen LogP contribution in [0.3, 0.4) is 0 Å². The average molecular weight is 283 g/mol. The lowest BCUT2D eigenvalue weighted by atomic mass is 10.0. The zero-order valence-electron chi connectivity index (χ0n) is 11.9. The van der Waals surface area contributed by atoms with Crippen LogP contribution in [0.5, 0.6) is 0 Å². The molecular weight excluding hydrogens is 266 g/mol. The summed E-state index contributed by atoms with van der Waals surface area (Å²) in [6.07, 6.45) is -0.543. The SMILES string of the molecule is Cc1cc(C(=O)N2CCOC(C#N)C2)ccc1C#CCN. The average Bonchev–Trinajstić information content (AvgIpc) is 2.53. The monoisotopic (exact) mass is 283 g/mol. The number of hydrogen-bond donors (Lipinski definition) is 1. The molecule has 1 heterocycles. The van der Waals surface area contributed by atoms with Gasteiger partial charge in [-0.05, 0) is 30.7 Å². The Morgan fingerprint density at radius 3 is 3.05 bits per heavy atom. The summed E-state index contributed by atoms with van der Waals surface area (Å²) < 4.78 is 5.25. The number of benzene rings is 1. The van der Waals surface area contributed by atoms with Crippen LogP contribution in [-0.4, -0.2) is 43.2 Å². The van der Waals surface area contributed by atoms with Crippen molar-refractivity contribution in [1.82, 2.24) is 4.90 Å². The summed E-state index contributed by atoms with van der Waals surface area (Å²) >= 11 is 0. The number of ether oxygens (including phenoxy) is 1. The standard InChI is InChI=1S/C16H17N3O2/c1-12-9-14(5-4-13(12)3-2-6-17)16(20)19-7-8-21-15(10-18)11-19/h4-5,9,15H,6-8,11,17H2,1H3. The van der Waals surface area contributed by atoms with Gasteiger partial charge < -0.3 is 15.4 Å². The normalized spacial score (nSPS) is 17.6. The predicted octanol–water partition coefficient (Wildman–Crippen LogP) is 0.670. The molecule has 0 spiro atoms. The highest BCUT2D eigenvalue weighted by molar-refractivity contribution is 5.94. The van der Waals surface area contributed by atoms with Crippen molar-refractivity contribution in [2.24, 2.45) is 5.73 Å². The van der Waals surface area contributed by atoms with Gasteiger partial charge in [-0.2, -0.15) is 5.26 Å². The lowest BCUT2D eigenvalue weighted by Crippen LogP contribution is -2.45. The van der Waals surface area contributed by atoms with E-state index in [1.807, 2.05) is 25.1 Å². The maximum atomic E-state index is 12.4. The Balaban J connectivity index is 2.16. The van der Waals surface area contributed by atoms with Gasteiger partial charge in [0.1, 0.15) is 0 Å². The molecule has 0 saturated carbocycles. The minimum absolute atomic E-state index is 0.0833. The number of amides is 1. The molecule has 0 aliphatic carbocycles. The molecule has 1 aromatic rings. The van der Waals surface area contributed by atoms with E-state index < -0.39 is 6.10 Å². The van der Waals surface area contributed by atoms with Crippen molar-refractivity contribution in [3.8, 4) is 17.9 Å². The van der Waals surface area contributed by atoms with Gasteiger partial charge in [0.05, 0.1) is 25.8 Å². The molecule has 0 bridgehead atoms. The first kappa shape index (κ1) is 15.1. The molecule has 1 atom stereocenters. The third-order valence-electron chi connectivity index (χ3n) is 3.30. The van der Waals surface area contributed by atoms with Crippen LogP contribution in [0, 0.1) is 30.1 Å². The molecule has 0 radical (unpaired) electrons. The van der Waals surface area contributed by atoms with Crippen LogP contribution in [0.1, 0.15) is 21.5 Å². The predicted molar refractivity (Wildman–Crippen MR) is 78.4 cm³/mol. The fourth-order valence-electron chi connectivity index (χ4n) is 2.18. The number of nitriles is 1. The van der Waals surface area contributed by atoms with E-state index in [-0.39, 0.29) is 5.91 Å². The summed E-state index contributed by atoms with van der Waals surface area (Å²) in [5, 5.41) is 8.89. The van der Waals surface area contributed by atoms with Gasteiger partial charge in [0.2, 0.25) is 0 Å². The quantitative estimate of drug-likeness (QED) is 0.768. The highest BCUT2D eigenvalue weighted by atomic mass is 16.5. The van der Waals surface area contributed by atoms with Crippen LogP contribution in [0.4, 0.5) is 0 Å². The van der Waals surface area contributed by atoms with Gasteiger partial charge in [-0.3, -0.25) is 4.79 Å². The molecule has 1 aliphatic heterocycles. The molecule has 1 unspecified atom stereocenters. The number of morpholine rings is 1. The minimum Gasteiger partial charge on any atom is -0.360 e. The number of carbonyl (C=O) groups is 1. The molecular formula is C16H17N3O2. The Bertz CT molecular complexity index is 637. The van der Waals surface area contributed by atoms with E-state index in [0.29, 0.717) is 31.8 Å². The summed E-state index contributed by atoms with van der Waals surface area (Å²) in [6.45, 7) is 3.43. The van der Waals surface area contributed by atoms with Crippen molar-refractivity contribution in [3.63, 3.8) is 0 Å². The number of nitrogens with two attached hydrogens (primary N) is 1. The Hall–Kier alpha value is -2.34.